The number of rotatable bonds is 5. The molecule has 0 saturated carbocycles. The summed E-state index contributed by atoms with van der Waals surface area (Å²) in [4.78, 5) is 23.5. The summed E-state index contributed by atoms with van der Waals surface area (Å²) in [6, 6.07) is 9.11. The fourth-order valence-electron chi connectivity index (χ4n) is 1.63. The number of hydrogen-bond donors (Lipinski definition) is 3. The summed E-state index contributed by atoms with van der Waals surface area (Å²) in [5.41, 5.74) is 5.58. The second-order valence-electron chi connectivity index (χ2n) is 4.97. The van der Waals surface area contributed by atoms with E-state index in [9.17, 15) is 9.59 Å². The standard InChI is InChI=1S/C14H21N3O2.ClH/c1-10(2)17-12(18)9-16-13(19)14(3,15)11-7-5-4-6-8-11;/h4-8,10H,9,15H2,1-3H3,(H,16,19)(H,17,18);1H. The van der Waals surface area contributed by atoms with E-state index in [4.69, 9.17) is 5.73 Å². The number of hydrogen-bond acceptors (Lipinski definition) is 3. The topological polar surface area (TPSA) is 84.2 Å². The normalized spacial score (nSPS) is 13.1. The zero-order chi connectivity index (χ0) is 14.5. The SMILES string of the molecule is CC(C)NC(=O)CNC(=O)C(C)(N)c1ccccc1.Cl. The van der Waals surface area contributed by atoms with Crippen LogP contribution in [0.2, 0.25) is 0 Å². The van der Waals surface area contributed by atoms with E-state index in [1.54, 1.807) is 19.1 Å². The first-order valence-corrected chi connectivity index (χ1v) is 6.26. The van der Waals surface area contributed by atoms with E-state index in [0.717, 1.165) is 0 Å². The van der Waals surface area contributed by atoms with Gasteiger partial charge in [-0.05, 0) is 26.3 Å². The average Bonchev–Trinajstić information content (AvgIpc) is 2.36. The zero-order valence-corrected chi connectivity index (χ0v) is 12.8. The smallest absolute Gasteiger partial charge is 0.244 e. The molecule has 6 heteroatoms. The van der Waals surface area contributed by atoms with Crippen LogP contribution >= 0.6 is 12.4 Å². The van der Waals surface area contributed by atoms with Crippen molar-refractivity contribution in [2.24, 2.45) is 5.73 Å². The molecule has 20 heavy (non-hydrogen) atoms. The van der Waals surface area contributed by atoms with Crippen LogP contribution < -0.4 is 16.4 Å². The highest BCUT2D eigenvalue weighted by Gasteiger charge is 2.30. The first-order valence-electron chi connectivity index (χ1n) is 6.26. The quantitative estimate of drug-likeness (QED) is 0.756. The third-order valence-corrected chi connectivity index (χ3v) is 2.70. The van der Waals surface area contributed by atoms with Crippen molar-refractivity contribution >= 4 is 24.2 Å². The Morgan fingerprint density at radius 2 is 1.80 bits per heavy atom. The van der Waals surface area contributed by atoms with Gasteiger partial charge in [-0.1, -0.05) is 30.3 Å². The lowest BCUT2D eigenvalue weighted by Gasteiger charge is -2.24. The molecule has 1 aromatic carbocycles. The van der Waals surface area contributed by atoms with Crippen LogP contribution in [0, 0.1) is 0 Å². The van der Waals surface area contributed by atoms with Gasteiger partial charge in [-0.3, -0.25) is 9.59 Å². The maximum Gasteiger partial charge on any atom is 0.244 e. The molecular weight excluding hydrogens is 278 g/mol. The van der Waals surface area contributed by atoms with Crippen molar-refractivity contribution in [3.63, 3.8) is 0 Å². The lowest BCUT2D eigenvalue weighted by molar-refractivity contribution is -0.129. The number of benzene rings is 1. The summed E-state index contributed by atoms with van der Waals surface area (Å²) in [5, 5.41) is 5.25. The summed E-state index contributed by atoms with van der Waals surface area (Å²) in [7, 11) is 0. The summed E-state index contributed by atoms with van der Waals surface area (Å²) < 4.78 is 0. The fourth-order valence-corrected chi connectivity index (χ4v) is 1.63. The maximum absolute atomic E-state index is 12.0. The van der Waals surface area contributed by atoms with Gasteiger partial charge < -0.3 is 16.4 Å². The molecule has 0 aliphatic carbocycles. The first kappa shape index (κ1) is 18.4. The van der Waals surface area contributed by atoms with Gasteiger partial charge >= 0.3 is 0 Å². The second kappa shape index (κ2) is 7.87. The first-order chi connectivity index (χ1) is 8.84. The van der Waals surface area contributed by atoms with Gasteiger partial charge in [-0.15, -0.1) is 12.4 Å². The number of amides is 2. The number of nitrogens with one attached hydrogen (secondary N) is 2. The van der Waals surface area contributed by atoms with Crippen molar-refractivity contribution in [2.75, 3.05) is 6.54 Å². The van der Waals surface area contributed by atoms with Gasteiger partial charge in [0.2, 0.25) is 11.8 Å². The molecule has 0 aromatic heterocycles. The van der Waals surface area contributed by atoms with Crippen molar-refractivity contribution in [3.8, 4) is 0 Å². The summed E-state index contributed by atoms with van der Waals surface area (Å²) in [5.74, 6) is -0.607. The van der Waals surface area contributed by atoms with Gasteiger partial charge in [-0.2, -0.15) is 0 Å². The van der Waals surface area contributed by atoms with E-state index < -0.39 is 5.54 Å². The van der Waals surface area contributed by atoms with Gasteiger partial charge in [0.25, 0.3) is 0 Å². The largest absolute Gasteiger partial charge is 0.352 e. The molecule has 0 radical (unpaired) electrons. The second-order valence-corrected chi connectivity index (χ2v) is 4.97. The van der Waals surface area contributed by atoms with Crippen molar-refractivity contribution < 1.29 is 9.59 Å². The summed E-state index contributed by atoms with van der Waals surface area (Å²) in [6.45, 7) is 5.27. The molecule has 0 spiro atoms. The summed E-state index contributed by atoms with van der Waals surface area (Å²) >= 11 is 0. The van der Waals surface area contributed by atoms with Gasteiger partial charge in [0.1, 0.15) is 5.54 Å². The van der Waals surface area contributed by atoms with Crippen LogP contribution in [-0.4, -0.2) is 24.4 Å². The monoisotopic (exact) mass is 299 g/mol. The van der Waals surface area contributed by atoms with E-state index >= 15 is 0 Å². The molecule has 0 aliphatic heterocycles. The van der Waals surface area contributed by atoms with Gasteiger partial charge in [-0.25, -0.2) is 0 Å². The average molecular weight is 300 g/mol. The molecule has 1 aromatic rings. The van der Waals surface area contributed by atoms with Gasteiger partial charge in [0, 0.05) is 6.04 Å². The third kappa shape index (κ3) is 5.19. The molecule has 0 bridgehead atoms. The van der Waals surface area contributed by atoms with E-state index in [-0.39, 0.29) is 36.8 Å². The highest BCUT2D eigenvalue weighted by molar-refractivity contribution is 5.90. The third-order valence-electron chi connectivity index (χ3n) is 2.70. The summed E-state index contributed by atoms with van der Waals surface area (Å²) in [6.07, 6.45) is 0. The molecule has 112 valence electrons. The van der Waals surface area contributed by atoms with Crippen molar-refractivity contribution in [2.45, 2.75) is 32.4 Å². The minimum atomic E-state index is -1.15. The Hall–Kier alpha value is -1.59. The van der Waals surface area contributed by atoms with Crippen LogP contribution in [0.4, 0.5) is 0 Å². The van der Waals surface area contributed by atoms with E-state index in [1.165, 1.54) is 0 Å². The Bertz CT molecular complexity index is 447. The van der Waals surface area contributed by atoms with Crippen LogP contribution in [0.3, 0.4) is 0 Å². The number of carbonyl (C=O) groups is 2. The predicted molar refractivity (Wildman–Crippen MR) is 81.5 cm³/mol. The highest BCUT2D eigenvalue weighted by atomic mass is 35.5. The minimum absolute atomic E-state index is 0. The van der Waals surface area contributed by atoms with Crippen molar-refractivity contribution in [1.29, 1.82) is 0 Å². The van der Waals surface area contributed by atoms with Crippen molar-refractivity contribution in [1.82, 2.24) is 10.6 Å². The molecule has 0 heterocycles. The molecule has 0 fully saturated rings. The van der Waals surface area contributed by atoms with Gasteiger partial charge in [0.15, 0.2) is 0 Å². The molecule has 1 atom stereocenters. The van der Waals surface area contributed by atoms with Crippen LogP contribution in [0.25, 0.3) is 0 Å². The molecular formula is C14H22ClN3O2. The van der Waals surface area contributed by atoms with Crippen LogP contribution in [0.5, 0.6) is 0 Å². The molecule has 1 unspecified atom stereocenters. The van der Waals surface area contributed by atoms with Crippen LogP contribution in [-0.2, 0) is 15.1 Å². The molecule has 5 nitrogen and oxygen atoms in total. The zero-order valence-electron chi connectivity index (χ0n) is 12.0. The fraction of sp³-hybridized carbons (Fsp3) is 0.429. The number of halogens is 1. The predicted octanol–water partition coefficient (Wildman–Crippen LogP) is 0.923. The van der Waals surface area contributed by atoms with Crippen molar-refractivity contribution in [3.05, 3.63) is 35.9 Å². The number of nitrogens with two attached hydrogens (primary N) is 1. The Kier molecular flexibility index (Phi) is 7.24. The molecule has 1 rings (SSSR count). The number of carbonyl (C=O) groups excluding carboxylic acids is 2. The minimum Gasteiger partial charge on any atom is -0.352 e. The Morgan fingerprint density at radius 1 is 1.25 bits per heavy atom. The van der Waals surface area contributed by atoms with E-state index in [2.05, 4.69) is 10.6 Å². The van der Waals surface area contributed by atoms with Crippen LogP contribution in [0.1, 0.15) is 26.3 Å². The van der Waals surface area contributed by atoms with E-state index in [1.807, 2.05) is 32.0 Å². The Balaban J connectivity index is 0.00000361. The molecule has 0 saturated heterocycles. The van der Waals surface area contributed by atoms with E-state index in [0.29, 0.717) is 5.56 Å². The van der Waals surface area contributed by atoms with Gasteiger partial charge in [0.05, 0.1) is 6.54 Å². The lowest BCUT2D eigenvalue weighted by atomic mass is 9.92. The highest BCUT2D eigenvalue weighted by Crippen LogP contribution is 2.16. The Morgan fingerprint density at radius 3 is 2.30 bits per heavy atom. The molecule has 4 N–H and O–H groups in total. The Labute approximate surface area is 125 Å². The lowest BCUT2D eigenvalue weighted by Crippen LogP contribution is -2.51. The molecule has 2 amide bonds. The molecule has 0 aliphatic rings. The maximum atomic E-state index is 12.0. The van der Waals surface area contributed by atoms with Crippen LogP contribution in [0.15, 0.2) is 30.3 Å².